The highest BCUT2D eigenvalue weighted by atomic mass is 19.4. The van der Waals surface area contributed by atoms with Gasteiger partial charge in [0.05, 0.1) is 5.69 Å². The average Bonchev–Trinajstić information content (AvgIpc) is 2.77. The Balaban J connectivity index is 2.67. The van der Waals surface area contributed by atoms with Crippen molar-refractivity contribution in [3.63, 3.8) is 0 Å². The molecule has 0 aliphatic heterocycles. The van der Waals surface area contributed by atoms with Crippen molar-refractivity contribution >= 4 is 17.9 Å². The molecule has 0 aromatic heterocycles. The minimum absolute atomic E-state index is 0.246. The Hall–Kier alpha value is -3.42. The van der Waals surface area contributed by atoms with Gasteiger partial charge in [0, 0.05) is 32.4 Å². The molecule has 0 aliphatic rings. The first-order valence-electron chi connectivity index (χ1n) is 12.1. The lowest BCUT2D eigenvalue weighted by atomic mass is 9.91. The molecule has 2 rings (SSSR count). The third kappa shape index (κ3) is 8.30. The number of carbonyl (C=O) groups excluding carboxylic acids is 1. The summed E-state index contributed by atoms with van der Waals surface area (Å²) in [6.07, 6.45) is -0.546. The number of halogens is 3. The molecular weight excluding hydrogens is 481 g/mol. The van der Waals surface area contributed by atoms with Crippen LogP contribution in [0, 0.1) is 6.92 Å². The average molecular weight is 519 g/mol. The third-order valence-corrected chi connectivity index (χ3v) is 5.72. The molecule has 2 aromatic carbocycles. The molecule has 0 bridgehead atoms. The summed E-state index contributed by atoms with van der Waals surface area (Å²) in [4.78, 5) is 16.2. The Morgan fingerprint density at radius 1 is 1.11 bits per heavy atom. The number of rotatable bonds is 8. The standard InChI is InChI=1S/C29H37F3N2O3/c1-10-19(3)17-33(8)26-20(4)25(21-12-14-23(15-13-21)36-29(30,31)32)16-22(24(26)11-2)18-34(9)27(35)37-28(5,6)7/h11-17H,2,10,18H2,1,3-9H3/b19-17+. The van der Waals surface area contributed by atoms with Gasteiger partial charge in [0.25, 0.3) is 0 Å². The van der Waals surface area contributed by atoms with Crippen LogP contribution in [0.15, 0.2) is 48.7 Å². The van der Waals surface area contributed by atoms with Gasteiger partial charge in [-0.05, 0) is 81.5 Å². The first-order valence-corrected chi connectivity index (χ1v) is 12.1. The van der Waals surface area contributed by atoms with E-state index in [9.17, 15) is 18.0 Å². The predicted octanol–water partition coefficient (Wildman–Crippen LogP) is 8.32. The van der Waals surface area contributed by atoms with E-state index in [2.05, 4.69) is 18.2 Å². The van der Waals surface area contributed by atoms with Gasteiger partial charge in [0.1, 0.15) is 11.4 Å². The van der Waals surface area contributed by atoms with Crippen molar-refractivity contribution in [3.8, 4) is 16.9 Å². The number of amides is 1. The number of carbonyl (C=O) groups is 1. The summed E-state index contributed by atoms with van der Waals surface area (Å²) < 4.78 is 47.5. The van der Waals surface area contributed by atoms with Crippen LogP contribution >= 0.6 is 0 Å². The molecule has 0 unspecified atom stereocenters. The summed E-state index contributed by atoms with van der Waals surface area (Å²) in [5.41, 5.74) is 5.56. The van der Waals surface area contributed by atoms with Gasteiger partial charge in [-0.15, -0.1) is 13.2 Å². The maximum atomic E-state index is 12.7. The Kier molecular flexibility index (Phi) is 9.47. The fourth-order valence-electron chi connectivity index (χ4n) is 3.94. The Morgan fingerprint density at radius 2 is 1.70 bits per heavy atom. The van der Waals surface area contributed by atoms with E-state index in [0.717, 1.165) is 39.9 Å². The Bertz CT molecular complexity index is 1150. The smallest absolute Gasteiger partial charge is 0.444 e. The lowest BCUT2D eigenvalue weighted by Gasteiger charge is -2.28. The maximum absolute atomic E-state index is 12.7. The number of alkyl halides is 3. The number of hydrogen-bond donors (Lipinski definition) is 0. The van der Waals surface area contributed by atoms with Gasteiger partial charge < -0.3 is 19.3 Å². The minimum Gasteiger partial charge on any atom is -0.444 e. The number of hydrogen-bond acceptors (Lipinski definition) is 4. The number of benzene rings is 2. The van der Waals surface area contributed by atoms with E-state index in [1.54, 1.807) is 46.0 Å². The first-order chi connectivity index (χ1) is 17.1. The van der Waals surface area contributed by atoms with Crippen molar-refractivity contribution in [2.24, 2.45) is 0 Å². The summed E-state index contributed by atoms with van der Waals surface area (Å²) in [6, 6.07) is 7.71. The number of anilines is 1. The quantitative estimate of drug-likeness (QED) is 0.352. The summed E-state index contributed by atoms with van der Waals surface area (Å²) in [7, 11) is 3.61. The second kappa shape index (κ2) is 11.8. The zero-order valence-corrected chi connectivity index (χ0v) is 22.9. The molecule has 0 fully saturated rings. The fourth-order valence-corrected chi connectivity index (χ4v) is 3.94. The van der Waals surface area contributed by atoms with Crippen LogP contribution in [-0.2, 0) is 11.3 Å². The molecular formula is C29H37F3N2O3. The van der Waals surface area contributed by atoms with E-state index >= 15 is 0 Å². The maximum Gasteiger partial charge on any atom is 0.573 e. The second-order valence-corrected chi connectivity index (χ2v) is 10.0. The third-order valence-electron chi connectivity index (χ3n) is 5.72. The van der Waals surface area contributed by atoms with E-state index in [4.69, 9.17) is 4.74 Å². The zero-order chi connectivity index (χ0) is 28.1. The highest BCUT2D eigenvalue weighted by Gasteiger charge is 2.31. The molecule has 0 saturated heterocycles. The Labute approximate surface area is 218 Å². The highest BCUT2D eigenvalue weighted by molar-refractivity contribution is 5.83. The number of nitrogens with zero attached hydrogens (tertiary/aromatic N) is 2. The molecule has 37 heavy (non-hydrogen) atoms. The van der Waals surface area contributed by atoms with Crippen LogP contribution in [0.5, 0.6) is 5.75 Å². The van der Waals surface area contributed by atoms with Gasteiger partial charge in [-0.25, -0.2) is 4.79 Å². The molecule has 8 heteroatoms. The Morgan fingerprint density at radius 3 is 2.19 bits per heavy atom. The van der Waals surface area contributed by atoms with Crippen molar-refractivity contribution in [1.82, 2.24) is 4.90 Å². The van der Waals surface area contributed by atoms with Crippen LogP contribution < -0.4 is 9.64 Å². The highest BCUT2D eigenvalue weighted by Crippen LogP contribution is 2.38. The van der Waals surface area contributed by atoms with E-state index in [1.807, 2.05) is 38.1 Å². The topological polar surface area (TPSA) is 42.0 Å². The molecule has 0 saturated carbocycles. The largest absolute Gasteiger partial charge is 0.573 e. The van der Waals surface area contributed by atoms with Crippen molar-refractivity contribution in [1.29, 1.82) is 0 Å². The number of ether oxygens (including phenoxy) is 2. The predicted molar refractivity (Wildman–Crippen MR) is 144 cm³/mol. The summed E-state index contributed by atoms with van der Waals surface area (Å²) in [5, 5.41) is 0. The van der Waals surface area contributed by atoms with Crippen LogP contribution in [0.3, 0.4) is 0 Å². The molecule has 1 amide bonds. The number of allylic oxidation sites excluding steroid dienone is 1. The van der Waals surface area contributed by atoms with E-state index in [0.29, 0.717) is 0 Å². The molecule has 2 aromatic rings. The van der Waals surface area contributed by atoms with E-state index < -0.39 is 18.1 Å². The van der Waals surface area contributed by atoms with E-state index in [-0.39, 0.29) is 12.3 Å². The van der Waals surface area contributed by atoms with Crippen molar-refractivity contribution < 1.29 is 27.4 Å². The molecule has 0 atom stereocenters. The van der Waals surface area contributed by atoms with Gasteiger partial charge in [0.2, 0.25) is 0 Å². The van der Waals surface area contributed by atoms with Gasteiger partial charge in [-0.3, -0.25) is 0 Å². The zero-order valence-electron chi connectivity index (χ0n) is 22.9. The lowest BCUT2D eigenvalue weighted by Crippen LogP contribution is -2.34. The first kappa shape index (κ1) is 29.8. The monoisotopic (exact) mass is 518 g/mol. The molecule has 0 N–H and O–H groups in total. The van der Waals surface area contributed by atoms with Gasteiger partial charge in [0.15, 0.2) is 0 Å². The van der Waals surface area contributed by atoms with Gasteiger partial charge in [-0.1, -0.05) is 37.3 Å². The van der Waals surface area contributed by atoms with Crippen LogP contribution in [0.1, 0.15) is 57.7 Å². The fraction of sp³-hybridized carbons (Fsp3) is 0.414. The van der Waals surface area contributed by atoms with Gasteiger partial charge in [-0.2, -0.15) is 0 Å². The summed E-state index contributed by atoms with van der Waals surface area (Å²) in [6.45, 7) is 15.8. The van der Waals surface area contributed by atoms with Gasteiger partial charge >= 0.3 is 12.5 Å². The molecule has 202 valence electrons. The normalized spacial score (nSPS) is 12.2. The molecule has 0 heterocycles. The van der Waals surface area contributed by atoms with Crippen molar-refractivity contribution in [3.05, 3.63) is 65.4 Å². The molecule has 0 radical (unpaired) electrons. The molecule has 0 aliphatic carbocycles. The SMILES string of the molecule is C=Cc1c(CN(C)C(=O)OC(C)(C)C)cc(-c2ccc(OC(F)(F)F)cc2)c(C)c1N(C)/C=C(\C)CC. The lowest BCUT2D eigenvalue weighted by molar-refractivity contribution is -0.274. The van der Waals surface area contributed by atoms with Crippen molar-refractivity contribution in [2.45, 2.75) is 66.5 Å². The summed E-state index contributed by atoms with van der Waals surface area (Å²) in [5.74, 6) is -0.291. The van der Waals surface area contributed by atoms with Crippen LogP contribution in [0.4, 0.5) is 23.7 Å². The summed E-state index contributed by atoms with van der Waals surface area (Å²) >= 11 is 0. The second-order valence-electron chi connectivity index (χ2n) is 10.0. The van der Waals surface area contributed by atoms with E-state index in [1.165, 1.54) is 22.6 Å². The minimum atomic E-state index is -4.76. The van der Waals surface area contributed by atoms with Crippen LogP contribution in [0.2, 0.25) is 0 Å². The van der Waals surface area contributed by atoms with Crippen molar-refractivity contribution in [2.75, 3.05) is 19.0 Å². The molecule has 5 nitrogen and oxygen atoms in total. The molecule has 0 spiro atoms. The van der Waals surface area contributed by atoms with Crippen LogP contribution in [0.25, 0.3) is 17.2 Å². The van der Waals surface area contributed by atoms with Crippen LogP contribution in [-0.4, -0.2) is 37.1 Å².